The first-order chi connectivity index (χ1) is 19.4. The zero-order valence-electron chi connectivity index (χ0n) is 20.9. The largest absolute Gasteiger partial charge is 0.495 e. The normalized spacial score (nSPS) is 11.1. The molecule has 0 atom stereocenters. The van der Waals surface area contributed by atoms with Crippen LogP contribution in [0.1, 0.15) is 26.4 Å². The van der Waals surface area contributed by atoms with E-state index in [0.29, 0.717) is 42.1 Å². The number of rotatable bonds is 7. The van der Waals surface area contributed by atoms with Gasteiger partial charge in [-0.1, -0.05) is 70.0 Å². The molecule has 1 heterocycles. The number of halogens is 3. The number of carbonyl (C=O) groups is 2. The molecule has 0 radical (unpaired) electrons. The number of fused-ring (bicyclic) bond motifs is 1. The van der Waals surface area contributed by atoms with Gasteiger partial charge in [-0.05, 0) is 64.0 Å². The Kier molecular flexibility index (Phi) is 8.35. The topological polar surface area (TPSA) is 92.8 Å². The summed E-state index contributed by atoms with van der Waals surface area (Å²) in [6, 6.07) is 25.0. The second-order valence-electron chi connectivity index (χ2n) is 8.53. The molecule has 0 unspecified atom stereocenters. The van der Waals surface area contributed by atoms with Crippen LogP contribution in [-0.4, -0.2) is 30.2 Å². The number of nitrogens with zero attached hydrogens (tertiary/aromatic N) is 1. The third-order valence-corrected chi connectivity index (χ3v) is 7.29. The Labute approximate surface area is 251 Å². The lowest BCUT2D eigenvalue weighted by Crippen LogP contribution is -2.19. The van der Waals surface area contributed by atoms with E-state index in [-0.39, 0.29) is 5.75 Å². The van der Waals surface area contributed by atoms with Crippen molar-refractivity contribution in [2.24, 2.45) is 5.10 Å². The van der Waals surface area contributed by atoms with Gasteiger partial charge in [0.1, 0.15) is 11.4 Å². The van der Waals surface area contributed by atoms with Gasteiger partial charge in [-0.15, -0.1) is 0 Å². The number of carbonyl (C=O) groups excluding carboxylic acids is 2. The van der Waals surface area contributed by atoms with Gasteiger partial charge in [-0.2, -0.15) is 5.10 Å². The van der Waals surface area contributed by atoms with Gasteiger partial charge in [-0.25, -0.2) is 10.2 Å². The van der Waals surface area contributed by atoms with Crippen LogP contribution in [0.25, 0.3) is 22.0 Å². The van der Waals surface area contributed by atoms with Crippen molar-refractivity contribution in [1.82, 2.24) is 10.4 Å². The van der Waals surface area contributed by atoms with Crippen molar-refractivity contribution in [3.63, 3.8) is 0 Å². The van der Waals surface area contributed by atoms with E-state index in [1.807, 2.05) is 48.5 Å². The zero-order valence-corrected chi connectivity index (χ0v) is 24.8. The summed E-state index contributed by atoms with van der Waals surface area (Å²) in [7, 11) is 1.58. The fourth-order valence-electron chi connectivity index (χ4n) is 4.17. The molecule has 40 heavy (non-hydrogen) atoms. The molecular formula is C30H20Br2ClN3O4. The lowest BCUT2D eigenvalue weighted by Gasteiger charge is -2.11. The van der Waals surface area contributed by atoms with Crippen molar-refractivity contribution in [1.29, 1.82) is 0 Å². The smallest absolute Gasteiger partial charge is 0.343 e. The molecule has 1 amide bonds. The number of nitrogens with one attached hydrogen (secondary N) is 2. The van der Waals surface area contributed by atoms with Gasteiger partial charge in [0.15, 0.2) is 5.75 Å². The molecule has 0 aliphatic heterocycles. The fourth-order valence-corrected chi connectivity index (χ4v) is 5.64. The Bertz CT molecular complexity index is 1750. The summed E-state index contributed by atoms with van der Waals surface area (Å²) in [5.74, 6) is -0.176. The van der Waals surface area contributed by atoms with Crippen LogP contribution in [-0.2, 0) is 0 Å². The predicted molar refractivity (Wildman–Crippen MR) is 164 cm³/mol. The van der Waals surface area contributed by atoms with E-state index < -0.39 is 11.9 Å². The van der Waals surface area contributed by atoms with Crippen molar-refractivity contribution in [3.05, 3.63) is 116 Å². The minimum Gasteiger partial charge on any atom is -0.495 e. The molecular weight excluding hydrogens is 662 g/mol. The molecule has 1 aromatic heterocycles. The standard InChI is InChI=1S/C30H20Br2ClN3O4/c1-39-24-9-5-8-22-25(17-6-3-2-4-7-17)27(35-26(22)24)29(37)36-34-16-19-14-20(31)15-23(32)28(19)40-30(38)18-10-12-21(33)13-11-18/h2-16,35H,1H3,(H,36,37). The predicted octanol–water partition coefficient (Wildman–Crippen LogP) is 8.01. The number of esters is 1. The van der Waals surface area contributed by atoms with Gasteiger partial charge in [0.2, 0.25) is 0 Å². The first kappa shape index (κ1) is 27.6. The summed E-state index contributed by atoms with van der Waals surface area (Å²) in [6.07, 6.45) is 1.41. The highest BCUT2D eigenvalue weighted by molar-refractivity contribution is 9.11. The van der Waals surface area contributed by atoms with Crippen LogP contribution in [0.15, 0.2) is 99.0 Å². The number of benzene rings is 4. The van der Waals surface area contributed by atoms with Crippen LogP contribution >= 0.6 is 43.5 Å². The Balaban J connectivity index is 1.45. The molecule has 0 saturated heterocycles. The molecule has 10 heteroatoms. The monoisotopic (exact) mass is 679 g/mol. The first-order valence-electron chi connectivity index (χ1n) is 11.9. The molecule has 5 aromatic rings. The van der Waals surface area contributed by atoms with Crippen LogP contribution in [0.4, 0.5) is 0 Å². The molecule has 5 rings (SSSR count). The lowest BCUT2D eigenvalue weighted by molar-refractivity contribution is 0.0733. The van der Waals surface area contributed by atoms with E-state index in [1.165, 1.54) is 6.21 Å². The van der Waals surface area contributed by atoms with Crippen molar-refractivity contribution < 1.29 is 19.1 Å². The van der Waals surface area contributed by atoms with Crippen molar-refractivity contribution in [3.8, 4) is 22.6 Å². The summed E-state index contributed by atoms with van der Waals surface area (Å²) in [6.45, 7) is 0. The number of hydrogen-bond acceptors (Lipinski definition) is 5. The molecule has 0 saturated carbocycles. The maximum Gasteiger partial charge on any atom is 0.343 e. The molecule has 4 aromatic carbocycles. The summed E-state index contributed by atoms with van der Waals surface area (Å²) >= 11 is 12.8. The minimum absolute atomic E-state index is 0.237. The van der Waals surface area contributed by atoms with Gasteiger partial charge in [0.25, 0.3) is 5.91 Å². The van der Waals surface area contributed by atoms with E-state index in [4.69, 9.17) is 21.1 Å². The van der Waals surface area contributed by atoms with E-state index in [9.17, 15) is 9.59 Å². The van der Waals surface area contributed by atoms with Gasteiger partial charge < -0.3 is 14.5 Å². The average molecular weight is 682 g/mol. The second-order valence-corrected chi connectivity index (χ2v) is 10.7. The number of para-hydroxylation sites is 1. The van der Waals surface area contributed by atoms with Gasteiger partial charge in [0, 0.05) is 26.0 Å². The highest BCUT2D eigenvalue weighted by atomic mass is 79.9. The number of aromatic amines is 1. The Morgan fingerprint density at radius 1 is 0.975 bits per heavy atom. The van der Waals surface area contributed by atoms with Crippen LogP contribution < -0.4 is 14.9 Å². The van der Waals surface area contributed by atoms with E-state index >= 15 is 0 Å². The van der Waals surface area contributed by atoms with Crippen LogP contribution in [0.3, 0.4) is 0 Å². The number of hydrogen-bond donors (Lipinski definition) is 2. The SMILES string of the molecule is COc1cccc2c(-c3ccccc3)c(C(=O)NN=Cc3cc(Br)cc(Br)c3OC(=O)c3ccc(Cl)cc3)[nH]c12. The number of methoxy groups -OCH3 is 1. The van der Waals surface area contributed by atoms with Crippen LogP contribution in [0.5, 0.6) is 11.5 Å². The van der Waals surface area contributed by atoms with Gasteiger partial charge in [0.05, 0.1) is 28.9 Å². The number of ether oxygens (including phenoxy) is 2. The Hall–Kier alpha value is -3.92. The number of hydrazone groups is 1. The molecule has 0 spiro atoms. The minimum atomic E-state index is -0.571. The quantitative estimate of drug-likeness (QED) is 0.0788. The molecule has 0 fully saturated rings. The van der Waals surface area contributed by atoms with Gasteiger partial charge in [-0.3, -0.25) is 4.79 Å². The maximum absolute atomic E-state index is 13.4. The van der Waals surface area contributed by atoms with Crippen LogP contribution in [0, 0.1) is 0 Å². The highest BCUT2D eigenvalue weighted by Gasteiger charge is 2.21. The third kappa shape index (κ3) is 5.82. The zero-order chi connectivity index (χ0) is 28.2. The Morgan fingerprint density at radius 3 is 2.45 bits per heavy atom. The Morgan fingerprint density at radius 2 is 1.73 bits per heavy atom. The molecule has 0 aliphatic carbocycles. The van der Waals surface area contributed by atoms with Crippen molar-refractivity contribution in [2.75, 3.05) is 7.11 Å². The lowest BCUT2D eigenvalue weighted by atomic mass is 10.0. The molecule has 0 aliphatic rings. The van der Waals surface area contributed by atoms with E-state index in [2.05, 4.69) is 47.4 Å². The maximum atomic E-state index is 13.4. The molecule has 7 nitrogen and oxygen atoms in total. The van der Waals surface area contributed by atoms with Crippen molar-refractivity contribution in [2.45, 2.75) is 0 Å². The fraction of sp³-hybridized carbons (Fsp3) is 0.0333. The number of H-pyrrole nitrogens is 1. The van der Waals surface area contributed by atoms with Crippen LogP contribution in [0.2, 0.25) is 5.02 Å². The number of aromatic nitrogens is 1. The average Bonchev–Trinajstić information content (AvgIpc) is 3.35. The highest BCUT2D eigenvalue weighted by Crippen LogP contribution is 2.37. The van der Waals surface area contributed by atoms with E-state index in [0.717, 1.165) is 16.5 Å². The molecule has 200 valence electrons. The first-order valence-corrected chi connectivity index (χ1v) is 13.9. The number of amides is 1. The summed E-state index contributed by atoms with van der Waals surface area (Å²) < 4.78 is 12.4. The third-order valence-electron chi connectivity index (χ3n) is 5.99. The van der Waals surface area contributed by atoms with E-state index in [1.54, 1.807) is 43.5 Å². The summed E-state index contributed by atoms with van der Waals surface area (Å²) in [4.78, 5) is 29.4. The van der Waals surface area contributed by atoms with Gasteiger partial charge >= 0.3 is 5.97 Å². The molecule has 0 bridgehead atoms. The summed E-state index contributed by atoms with van der Waals surface area (Å²) in [5.41, 5.74) is 5.98. The van der Waals surface area contributed by atoms with Crippen molar-refractivity contribution >= 4 is 72.5 Å². The second kappa shape index (κ2) is 12.1. The summed E-state index contributed by atoms with van der Waals surface area (Å²) in [5, 5.41) is 5.52. The molecule has 2 N–H and O–H groups in total.